The van der Waals surface area contributed by atoms with Gasteiger partial charge < -0.3 is 5.32 Å². The Balaban J connectivity index is 2.67. The first-order valence-corrected chi connectivity index (χ1v) is 8.87. The van der Waals surface area contributed by atoms with Crippen molar-refractivity contribution < 1.29 is 4.21 Å². The minimum atomic E-state index is -0.722. The second kappa shape index (κ2) is 9.27. The van der Waals surface area contributed by atoms with E-state index in [1.807, 2.05) is 0 Å². The standard InChI is InChI=1S/C16H27NOS/c1-4-7-12-19(18)13-16(17-6-3)15-10-8-14(5-2)9-11-15/h8-11,16-17H,4-7,12-13H2,1-3H3. The maximum Gasteiger partial charge on any atom is 0.0436 e. The van der Waals surface area contributed by atoms with Crippen LogP contribution in [0.5, 0.6) is 0 Å². The van der Waals surface area contributed by atoms with E-state index in [9.17, 15) is 4.21 Å². The molecule has 0 aliphatic heterocycles. The number of rotatable bonds is 9. The number of hydrogen-bond donors (Lipinski definition) is 1. The molecule has 0 saturated carbocycles. The molecule has 2 atom stereocenters. The van der Waals surface area contributed by atoms with Crippen molar-refractivity contribution in [3.63, 3.8) is 0 Å². The smallest absolute Gasteiger partial charge is 0.0436 e. The summed E-state index contributed by atoms with van der Waals surface area (Å²) in [5.74, 6) is 1.55. The lowest BCUT2D eigenvalue weighted by atomic mass is 10.1. The van der Waals surface area contributed by atoms with Gasteiger partial charge in [0.15, 0.2) is 0 Å². The van der Waals surface area contributed by atoms with Crippen molar-refractivity contribution in [2.24, 2.45) is 0 Å². The Morgan fingerprint density at radius 2 is 1.84 bits per heavy atom. The molecule has 19 heavy (non-hydrogen) atoms. The first-order valence-electron chi connectivity index (χ1n) is 7.38. The van der Waals surface area contributed by atoms with Gasteiger partial charge in [0.25, 0.3) is 0 Å². The van der Waals surface area contributed by atoms with Crippen molar-refractivity contribution in [2.75, 3.05) is 18.1 Å². The van der Waals surface area contributed by atoms with Crippen LogP contribution in [0.4, 0.5) is 0 Å². The number of unbranched alkanes of at least 4 members (excludes halogenated alkanes) is 1. The van der Waals surface area contributed by atoms with Crippen LogP contribution in [-0.4, -0.2) is 22.3 Å². The Labute approximate surface area is 120 Å². The zero-order valence-corrected chi connectivity index (χ0v) is 13.3. The van der Waals surface area contributed by atoms with Crippen LogP contribution in [0.2, 0.25) is 0 Å². The summed E-state index contributed by atoms with van der Waals surface area (Å²) in [7, 11) is -0.722. The molecular weight excluding hydrogens is 254 g/mol. The van der Waals surface area contributed by atoms with E-state index in [1.165, 1.54) is 11.1 Å². The van der Waals surface area contributed by atoms with E-state index in [1.54, 1.807) is 0 Å². The molecule has 1 rings (SSSR count). The normalized spacial score (nSPS) is 14.3. The van der Waals surface area contributed by atoms with E-state index < -0.39 is 10.8 Å². The average molecular weight is 281 g/mol. The van der Waals surface area contributed by atoms with Gasteiger partial charge in [-0.1, -0.05) is 51.5 Å². The zero-order valence-electron chi connectivity index (χ0n) is 12.4. The summed E-state index contributed by atoms with van der Waals surface area (Å²) >= 11 is 0. The highest BCUT2D eigenvalue weighted by Crippen LogP contribution is 2.16. The third-order valence-corrected chi connectivity index (χ3v) is 4.77. The van der Waals surface area contributed by atoms with Gasteiger partial charge in [-0.05, 0) is 30.5 Å². The number of benzene rings is 1. The van der Waals surface area contributed by atoms with Gasteiger partial charge in [0.05, 0.1) is 0 Å². The lowest BCUT2D eigenvalue weighted by molar-refractivity contribution is 0.593. The average Bonchev–Trinajstić information content (AvgIpc) is 2.45. The largest absolute Gasteiger partial charge is 0.309 e. The molecule has 1 N–H and O–H groups in total. The fraction of sp³-hybridized carbons (Fsp3) is 0.625. The minimum Gasteiger partial charge on any atom is -0.309 e. The van der Waals surface area contributed by atoms with Crippen molar-refractivity contribution in [1.29, 1.82) is 0 Å². The summed E-state index contributed by atoms with van der Waals surface area (Å²) in [6, 6.07) is 8.91. The maximum atomic E-state index is 12.1. The third kappa shape index (κ3) is 5.87. The molecule has 2 unspecified atom stereocenters. The highest BCUT2D eigenvalue weighted by Gasteiger charge is 2.13. The third-order valence-electron chi connectivity index (χ3n) is 3.32. The second-order valence-corrected chi connectivity index (χ2v) is 6.49. The number of hydrogen-bond acceptors (Lipinski definition) is 2. The summed E-state index contributed by atoms with van der Waals surface area (Å²) in [6.07, 6.45) is 3.23. The van der Waals surface area contributed by atoms with Crippen LogP contribution in [0.25, 0.3) is 0 Å². The van der Waals surface area contributed by atoms with Crippen LogP contribution in [0.15, 0.2) is 24.3 Å². The molecule has 0 saturated heterocycles. The molecule has 0 aliphatic rings. The molecule has 0 spiro atoms. The van der Waals surface area contributed by atoms with Crippen molar-refractivity contribution in [3.05, 3.63) is 35.4 Å². The fourth-order valence-corrected chi connectivity index (χ4v) is 3.54. The molecule has 0 radical (unpaired) electrons. The van der Waals surface area contributed by atoms with E-state index in [0.717, 1.165) is 37.3 Å². The minimum absolute atomic E-state index is 0.216. The van der Waals surface area contributed by atoms with E-state index in [-0.39, 0.29) is 6.04 Å². The summed E-state index contributed by atoms with van der Waals surface area (Å²) in [4.78, 5) is 0. The fourth-order valence-electron chi connectivity index (χ4n) is 2.08. The summed E-state index contributed by atoms with van der Waals surface area (Å²) < 4.78 is 12.1. The summed E-state index contributed by atoms with van der Waals surface area (Å²) in [6.45, 7) is 7.31. The molecule has 0 bridgehead atoms. The summed E-state index contributed by atoms with van der Waals surface area (Å²) in [5, 5.41) is 3.45. The van der Waals surface area contributed by atoms with Gasteiger partial charge in [0, 0.05) is 28.3 Å². The predicted octanol–water partition coefficient (Wildman–Crippen LogP) is 3.45. The van der Waals surface area contributed by atoms with Crippen LogP contribution in [0, 0.1) is 0 Å². The zero-order chi connectivity index (χ0) is 14.1. The molecular formula is C16H27NOS. The molecule has 0 heterocycles. The Morgan fingerprint density at radius 3 is 2.37 bits per heavy atom. The highest BCUT2D eigenvalue weighted by atomic mass is 32.2. The Bertz CT molecular complexity index is 375. The lowest BCUT2D eigenvalue weighted by Crippen LogP contribution is -2.26. The van der Waals surface area contributed by atoms with Crippen molar-refractivity contribution in [3.8, 4) is 0 Å². The van der Waals surface area contributed by atoms with Gasteiger partial charge in [-0.2, -0.15) is 0 Å². The van der Waals surface area contributed by atoms with E-state index in [4.69, 9.17) is 0 Å². The predicted molar refractivity (Wildman–Crippen MR) is 85.0 cm³/mol. The van der Waals surface area contributed by atoms with Crippen LogP contribution >= 0.6 is 0 Å². The topological polar surface area (TPSA) is 29.1 Å². The summed E-state index contributed by atoms with van der Waals surface area (Å²) in [5.41, 5.74) is 2.61. The quantitative estimate of drug-likeness (QED) is 0.751. The molecule has 2 nitrogen and oxygen atoms in total. The molecule has 0 aromatic heterocycles. The van der Waals surface area contributed by atoms with Gasteiger partial charge in [-0.25, -0.2) is 0 Å². The van der Waals surface area contributed by atoms with Crippen LogP contribution in [-0.2, 0) is 17.2 Å². The highest BCUT2D eigenvalue weighted by molar-refractivity contribution is 7.85. The first kappa shape index (κ1) is 16.4. The monoisotopic (exact) mass is 281 g/mol. The van der Waals surface area contributed by atoms with E-state index in [2.05, 4.69) is 50.4 Å². The molecule has 0 fully saturated rings. The number of nitrogens with one attached hydrogen (secondary N) is 1. The van der Waals surface area contributed by atoms with Crippen LogP contribution in [0.3, 0.4) is 0 Å². The SMILES string of the molecule is CCCCS(=O)CC(NCC)c1ccc(CC)cc1. The van der Waals surface area contributed by atoms with Gasteiger partial charge in [-0.15, -0.1) is 0 Å². The molecule has 3 heteroatoms. The van der Waals surface area contributed by atoms with Crippen molar-refractivity contribution in [1.82, 2.24) is 5.32 Å². The van der Waals surface area contributed by atoms with Crippen LogP contribution in [0.1, 0.15) is 50.8 Å². The molecule has 1 aromatic rings. The van der Waals surface area contributed by atoms with E-state index in [0.29, 0.717) is 0 Å². The van der Waals surface area contributed by atoms with Gasteiger partial charge in [-0.3, -0.25) is 4.21 Å². The van der Waals surface area contributed by atoms with Crippen LogP contribution < -0.4 is 5.32 Å². The van der Waals surface area contributed by atoms with Gasteiger partial charge >= 0.3 is 0 Å². The Morgan fingerprint density at radius 1 is 1.16 bits per heavy atom. The van der Waals surface area contributed by atoms with Crippen molar-refractivity contribution in [2.45, 2.75) is 46.1 Å². The second-order valence-electron chi connectivity index (χ2n) is 4.87. The molecule has 0 amide bonds. The Kier molecular flexibility index (Phi) is 7.99. The van der Waals surface area contributed by atoms with Crippen molar-refractivity contribution >= 4 is 10.8 Å². The Hall–Kier alpha value is -0.670. The van der Waals surface area contributed by atoms with Gasteiger partial charge in [0.1, 0.15) is 0 Å². The van der Waals surface area contributed by atoms with E-state index >= 15 is 0 Å². The number of aryl methyl sites for hydroxylation is 1. The lowest BCUT2D eigenvalue weighted by Gasteiger charge is -2.18. The maximum absolute atomic E-state index is 12.1. The molecule has 0 aliphatic carbocycles. The molecule has 108 valence electrons. The molecule has 1 aromatic carbocycles. The van der Waals surface area contributed by atoms with Gasteiger partial charge in [0.2, 0.25) is 0 Å². The first-order chi connectivity index (χ1) is 9.21.